The third-order valence-electron chi connectivity index (χ3n) is 3.28. The lowest BCUT2D eigenvalue weighted by Gasteiger charge is -2.10. The number of nitrogens with one attached hydrogen (secondary N) is 2. The van der Waals surface area contributed by atoms with Crippen molar-refractivity contribution in [2.45, 2.75) is 18.2 Å². The molecule has 0 atom stereocenters. The van der Waals surface area contributed by atoms with E-state index in [4.69, 9.17) is 0 Å². The molecule has 1 amide bonds. The maximum absolute atomic E-state index is 13.1. The third kappa shape index (κ3) is 4.37. The molecule has 0 aliphatic heterocycles. The van der Waals surface area contributed by atoms with Crippen molar-refractivity contribution in [3.8, 4) is 0 Å². The number of rotatable bonds is 5. The highest BCUT2D eigenvalue weighted by Gasteiger charge is 2.15. The van der Waals surface area contributed by atoms with Crippen LogP contribution in [0, 0.1) is 12.7 Å². The van der Waals surface area contributed by atoms with Crippen molar-refractivity contribution in [1.29, 1.82) is 0 Å². The Morgan fingerprint density at radius 3 is 2.57 bits per heavy atom. The summed E-state index contributed by atoms with van der Waals surface area (Å²) in [6.45, 7) is 1.67. The Bertz CT molecular complexity index is 835. The highest BCUT2D eigenvalue weighted by Crippen LogP contribution is 2.20. The average Bonchev–Trinajstić information content (AvgIpc) is 2.49. The van der Waals surface area contributed by atoms with E-state index in [9.17, 15) is 17.6 Å². The molecule has 0 unspecified atom stereocenters. The lowest BCUT2D eigenvalue weighted by Crippen LogP contribution is -2.20. The minimum Gasteiger partial charge on any atom is -0.326 e. The maximum atomic E-state index is 13.1. The molecule has 0 bridgehead atoms. The molecule has 0 saturated carbocycles. The number of amides is 1. The van der Waals surface area contributed by atoms with Crippen LogP contribution >= 0.6 is 0 Å². The second-order valence-corrected chi connectivity index (χ2v) is 6.90. The van der Waals surface area contributed by atoms with Gasteiger partial charge in [0.15, 0.2) is 0 Å². The Kier molecular flexibility index (Phi) is 5.12. The monoisotopic (exact) mass is 336 g/mol. The van der Waals surface area contributed by atoms with Crippen molar-refractivity contribution in [2.24, 2.45) is 0 Å². The van der Waals surface area contributed by atoms with E-state index < -0.39 is 15.8 Å². The highest BCUT2D eigenvalue weighted by atomic mass is 32.2. The second-order valence-electron chi connectivity index (χ2n) is 5.04. The average molecular weight is 336 g/mol. The number of anilines is 1. The molecule has 0 saturated heterocycles. The molecule has 5 nitrogen and oxygen atoms in total. The zero-order valence-corrected chi connectivity index (χ0v) is 13.6. The zero-order chi connectivity index (χ0) is 17.0. The van der Waals surface area contributed by atoms with Crippen LogP contribution < -0.4 is 10.0 Å². The Morgan fingerprint density at radius 2 is 1.91 bits per heavy atom. The highest BCUT2D eigenvalue weighted by molar-refractivity contribution is 7.89. The van der Waals surface area contributed by atoms with Gasteiger partial charge in [0.05, 0.1) is 11.3 Å². The molecule has 2 aromatic carbocycles. The zero-order valence-electron chi connectivity index (χ0n) is 12.8. The van der Waals surface area contributed by atoms with E-state index in [1.54, 1.807) is 25.1 Å². The molecule has 0 fully saturated rings. The summed E-state index contributed by atoms with van der Waals surface area (Å²) in [4.78, 5) is 12.1. The molecular weight excluding hydrogens is 319 g/mol. The molecule has 23 heavy (non-hydrogen) atoms. The Morgan fingerprint density at radius 1 is 1.17 bits per heavy atom. The fraction of sp³-hybridized carbons (Fsp3) is 0.188. The minimum absolute atomic E-state index is 0.000250. The number of hydrogen-bond acceptors (Lipinski definition) is 3. The standard InChI is InChI=1S/C16H17FN2O3S/c1-11-6-7-14(10-15(11)23(21,22)18-2)19-16(20)9-12-4-3-5-13(17)8-12/h3-8,10,18H,9H2,1-2H3,(H,19,20). The number of halogens is 1. The van der Waals surface area contributed by atoms with E-state index >= 15 is 0 Å². The van der Waals surface area contributed by atoms with Crippen molar-refractivity contribution in [3.05, 3.63) is 59.4 Å². The van der Waals surface area contributed by atoms with Crippen LogP contribution in [0.4, 0.5) is 10.1 Å². The van der Waals surface area contributed by atoms with Gasteiger partial charge in [-0.3, -0.25) is 4.79 Å². The molecule has 122 valence electrons. The number of sulfonamides is 1. The molecule has 7 heteroatoms. The van der Waals surface area contributed by atoms with Gasteiger partial charge in [-0.25, -0.2) is 17.5 Å². The predicted octanol–water partition coefficient (Wildman–Crippen LogP) is 2.22. The van der Waals surface area contributed by atoms with E-state index in [2.05, 4.69) is 10.0 Å². The van der Waals surface area contributed by atoms with Crippen molar-refractivity contribution >= 4 is 21.6 Å². The van der Waals surface area contributed by atoms with Gasteiger partial charge in [-0.1, -0.05) is 18.2 Å². The van der Waals surface area contributed by atoms with Gasteiger partial charge in [0.25, 0.3) is 0 Å². The van der Waals surface area contributed by atoms with Gasteiger partial charge in [-0.2, -0.15) is 0 Å². The van der Waals surface area contributed by atoms with E-state index in [0.29, 0.717) is 16.8 Å². The van der Waals surface area contributed by atoms with Gasteiger partial charge < -0.3 is 5.32 Å². The number of carbonyl (C=O) groups is 1. The topological polar surface area (TPSA) is 75.3 Å². The largest absolute Gasteiger partial charge is 0.326 e. The fourth-order valence-corrected chi connectivity index (χ4v) is 3.11. The van der Waals surface area contributed by atoms with Crippen LogP contribution in [0.2, 0.25) is 0 Å². The van der Waals surface area contributed by atoms with Gasteiger partial charge in [0.2, 0.25) is 15.9 Å². The van der Waals surface area contributed by atoms with Gasteiger partial charge in [-0.05, 0) is 49.4 Å². The van der Waals surface area contributed by atoms with Crippen molar-refractivity contribution in [3.63, 3.8) is 0 Å². The van der Waals surface area contributed by atoms with Crippen LogP contribution in [0.5, 0.6) is 0 Å². The number of aryl methyl sites for hydroxylation is 1. The molecule has 0 aliphatic rings. The number of hydrogen-bond donors (Lipinski definition) is 2. The van der Waals surface area contributed by atoms with Crippen molar-refractivity contribution < 1.29 is 17.6 Å². The summed E-state index contributed by atoms with van der Waals surface area (Å²) in [5, 5.41) is 2.62. The van der Waals surface area contributed by atoms with E-state index in [1.165, 1.54) is 31.3 Å². The van der Waals surface area contributed by atoms with Crippen molar-refractivity contribution in [1.82, 2.24) is 4.72 Å². The van der Waals surface area contributed by atoms with E-state index in [1.807, 2.05) is 0 Å². The van der Waals surface area contributed by atoms with E-state index in [0.717, 1.165) is 0 Å². The Balaban J connectivity index is 2.17. The summed E-state index contributed by atoms with van der Waals surface area (Å²) in [6.07, 6.45) is -0.000250. The summed E-state index contributed by atoms with van der Waals surface area (Å²) < 4.78 is 39.2. The Hall–Kier alpha value is -2.25. The van der Waals surface area contributed by atoms with Crippen LogP contribution in [-0.2, 0) is 21.2 Å². The lowest BCUT2D eigenvalue weighted by atomic mass is 10.1. The summed E-state index contributed by atoms with van der Waals surface area (Å²) in [7, 11) is -2.28. The molecule has 2 rings (SSSR count). The quantitative estimate of drug-likeness (QED) is 0.879. The fourth-order valence-electron chi connectivity index (χ4n) is 2.11. The predicted molar refractivity (Wildman–Crippen MR) is 86.2 cm³/mol. The molecular formula is C16H17FN2O3S. The molecule has 0 heterocycles. The maximum Gasteiger partial charge on any atom is 0.240 e. The van der Waals surface area contributed by atoms with Crippen molar-refractivity contribution in [2.75, 3.05) is 12.4 Å². The second kappa shape index (κ2) is 6.89. The number of benzene rings is 2. The first-order valence-corrected chi connectivity index (χ1v) is 8.38. The van der Waals surface area contributed by atoms with Gasteiger partial charge >= 0.3 is 0 Å². The molecule has 0 aliphatic carbocycles. The van der Waals surface area contributed by atoms with Gasteiger partial charge in [-0.15, -0.1) is 0 Å². The van der Waals surface area contributed by atoms with Crippen LogP contribution in [0.3, 0.4) is 0 Å². The van der Waals surface area contributed by atoms with E-state index in [-0.39, 0.29) is 17.2 Å². The molecule has 0 radical (unpaired) electrons. The Labute approximate surface area is 134 Å². The summed E-state index contributed by atoms with van der Waals surface area (Å²) >= 11 is 0. The van der Waals surface area contributed by atoms with Crippen LogP contribution in [-0.4, -0.2) is 21.4 Å². The summed E-state index contributed by atoms with van der Waals surface area (Å²) in [5.74, 6) is -0.764. The lowest BCUT2D eigenvalue weighted by molar-refractivity contribution is -0.115. The minimum atomic E-state index is -3.60. The van der Waals surface area contributed by atoms with Crippen LogP contribution in [0.1, 0.15) is 11.1 Å². The first-order chi connectivity index (χ1) is 10.8. The number of carbonyl (C=O) groups excluding carboxylic acids is 1. The smallest absolute Gasteiger partial charge is 0.240 e. The first kappa shape index (κ1) is 17.1. The SMILES string of the molecule is CNS(=O)(=O)c1cc(NC(=O)Cc2cccc(F)c2)ccc1C. The molecule has 0 spiro atoms. The van der Waals surface area contributed by atoms with Gasteiger partial charge in [0.1, 0.15) is 5.82 Å². The first-order valence-electron chi connectivity index (χ1n) is 6.90. The van der Waals surface area contributed by atoms with Crippen LogP contribution in [0.25, 0.3) is 0 Å². The normalized spacial score (nSPS) is 11.3. The summed E-state index contributed by atoms with van der Waals surface area (Å²) in [5.41, 5.74) is 1.48. The molecule has 2 N–H and O–H groups in total. The molecule has 2 aromatic rings. The van der Waals surface area contributed by atoms with Crippen LogP contribution in [0.15, 0.2) is 47.4 Å². The molecule has 0 aromatic heterocycles. The third-order valence-corrected chi connectivity index (χ3v) is 4.84. The summed E-state index contributed by atoms with van der Waals surface area (Å²) in [6, 6.07) is 10.4. The van der Waals surface area contributed by atoms with Gasteiger partial charge in [0, 0.05) is 5.69 Å².